The summed E-state index contributed by atoms with van der Waals surface area (Å²) in [6.07, 6.45) is 0.941. The number of alkyl carbamates (subject to hydrolysis) is 1. The predicted octanol–water partition coefficient (Wildman–Crippen LogP) is 5.22. The molecule has 1 aliphatic carbocycles. The maximum atomic E-state index is 12.6. The van der Waals surface area contributed by atoms with Gasteiger partial charge in [-0.05, 0) is 46.5 Å². The summed E-state index contributed by atoms with van der Waals surface area (Å²) in [7, 11) is 0. The van der Waals surface area contributed by atoms with Crippen molar-refractivity contribution >= 4 is 34.1 Å². The lowest BCUT2D eigenvalue weighted by Crippen LogP contribution is -2.44. The molecule has 0 saturated carbocycles. The first kappa shape index (κ1) is 21.3. The van der Waals surface area contributed by atoms with E-state index < -0.39 is 18.1 Å². The molecule has 2 aliphatic rings. The molecule has 1 unspecified atom stereocenters. The van der Waals surface area contributed by atoms with Crippen LogP contribution < -0.4 is 10.1 Å². The van der Waals surface area contributed by atoms with E-state index in [1.807, 2.05) is 48.5 Å². The van der Waals surface area contributed by atoms with E-state index in [2.05, 4.69) is 33.4 Å². The Hall–Kier alpha value is -3.58. The number of amides is 1. The Bertz CT molecular complexity index is 1240. The Kier molecular flexibility index (Phi) is 5.64. The summed E-state index contributed by atoms with van der Waals surface area (Å²) in [6, 6.07) is 20.3. The molecule has 2 N–H and O–H groups in total. The Morgan fingerprint density at radius 3 is 2.39 bits per heavy atom. The van der Waals surface area contributed by atoms with Crippen molar-refractivity contribution in [3.8, 4) is 16.9 Å². The maximum absolute atomic E-state index is 12.6. The van der Waals surface area contributed by atoms with Crippen molar-refractivity contribution in [3.63, 3.8) is 0 Å². The number of ether oxygens (including phenoxy) is 2. The smallest absolute Gasteiger partial charge is 0.408 e. The van der Waals surface area contributed by atoms with Gasteiger partial charge in [-0.15, -0.1) is 0 Å². The molecule has 3 aromatic rings. The first-order chi connectivity index (χ1) is 16.0. The van der Waals surface area contributed by atoms with Gasteiger partial charge < -0.3 is 19.9 Å². The van der Waals surface area contributed by atoms with Gasteiger partial charge >= 0.3 is 12.1 Å². The van der Waals surface area contributed by atoms with Gasteiger partial charge in [0.2, 0.25) is 0 Å². The monoisotopic (exact) mass is 505 g/mol. The van der Waals surface area contributed by atoms with Crippen LogP contribution >= 0.6 is 15.9 Å². The summed E-state index contributed by atoms with van der Waals surface area (Å²) < 4.78 is 12.0. The summed E-state index contributed by atoms with van der Waals surface area (Å²) in [5.41, 5.74) is 5.60. The van der Waals surface area contributed by atoms with Crippen LogP contribution in [0.5, 0.6) is 5.75 Å². The average Bonchev–Trinajstić information content (AvgIpc) is 3.14. The van der Waals surface area contributed by atoms with Crippen molar-refractivity contribution in [2.45, 2.75) is 12.0 Å². The minimum Gasteiger partial charge on any atom is -0.489 e. The van der Waals surface area contributed by atoms with E-state index >= 15 is 0 Å². The molecule has 1 atom stereocenters. The molecule has 0 aromatic heterocycles. The van der Waals surface area contributed by atoms with Gasteiger partial charge in [-0.25, -0.2) is 9.59 Å². The minimum atomic E-state index is -1.26. The molecule has 7 heteroatoms. The van der Waals surface area contributed by atoms with E-state index in [-0.39, 0.29) is 19.1 Å². The van der Waals surface area contributed by atoms with Crippen molar-refractivity contribution in [1.82, 2.24) is 5.32 Å². The molecular weight excluding hydrogens is 486 g/mol. The summed E-state index contributed by atoms with van der Waals surface area (Å²) in [5.74, 6) is -0.628. The van der Waals surface area contributed by atoms with Crippen molar-refractivity contribution < 1.29 is 24.2 Å². The number of carboxylic acids is 1. The summed E-state index contributed by atoms with van der Waals surface area (Å²) in [6.45, 7) is 0.173. The van der Waals surface area contributed by atoms with Crippen LogP contribution in [-0.2, 0) is 9.53 Å². The van der Waals surface area contributed by atoms with Crippen molar-refractivity contribution in [3.05, 3.63) is 93.5 Å². The normalized spacial score (nSPS) is 14.8. The molecule has 1 amide bonds. The molecule has 0 saturated heterocycles. The third-order valence-corrected chi connectivity index (χ3v) is 6.42. The fourth-order valence-corrected chi connectivity index (χ4v) is 4.78. The molecule has 33 heavy (non-hydrogen) atoms. The van der Waals surface area contributed by atoms with Gasteiger partial charge in [0.25, 0.3) is 0 Å². The predicted molar refractivity (Wildman–Crippen MR) is 127 cm³/mol. The molecule has 0 radical (unpaired) electrons. The molecule has 166 valence electrons. The molecular formula is C26H20BrNO5. The third kappa shape index (κ3) is 4.12. The van der Waals surface area contributed by atoms with E-state index in [1.54, 1.807) is 12.1 Å². The number of hydrogen-bond acceptors (Lipinski definition) is 4. The van der Waals surface area contributed by atoms with Gasteiger partial charge in [0, 0.05) is 21.5 Å². The van der Waals surface area contributed by atoms with Crippen molar-refractivity contribution in [2.24, 2.45) is 0 Å². The molecule has 0 bridgehead atoms. The lowest BCUT2D eigenvalue weighted by atomic mass is 9.98. The van der Waals surface area contributed by atoms with Crippen LogP contribution in [0.2, 0.25) is 0 Å². The van der Waals surface area contributed by atoms with E-state index in [0.717, 1.165) is 32.3 Å². The molecule has 1 aliphatic heterocycles. The first-order valence-electron chi connectivity index (χ1n) is 10.5. The zero-order valence-electron chi connectivity index (χ0n) is 17.5. The number of rotatable bonds is 5. The second-order valence-corrected chi connectivity index (χ2v) is 8.85. The van der Waals surface area contributed by atoms with E-state index in [4.69, 9.17) is 9.47 Å². The maximum Gasteiger partial charge on any atom is 0.408 e. The second-order valence-electron chi connectivity index (χ2n) is 7.93. The molecule has 3 aromatic carbocycles. The number of carbonyl (C=O) groups excluding carboxylic acids is 1. The van der Waals surface area contributed by atoms with Gasteiger partial charge in [-0.1, -0.05) is 64.5 Å². The van der Waals surface area contributed by atoms with Gasteiger partial charge in [0.15, 0.2) is 6.04 Å². The molecule has 6 nitrogen and oxygen atoms in total. The lowest BCUT2D eigenvalue weighted by Gasteiger charge is -2.23. The fourth-order valence-electron chi connectivity index (χ4n) is 4.40. The van der Waals surface area contributed by atoms with Gasteiger partial charge in [-0.3, -0.25) is 0 Å². The average molecular weight is 506 g/mol. The Balaban J connectivity index is 1.31. The number of benzene rings is 3. The number of hydrogen-bond donors (Lipinski definition) is 2. The molecule has 1 heterocycles. The standard InChI is InChI=1S/C26H20BrNO5/c27-17-9-10-23-15(12-17)11-16(13-32-23)24(25(29)30)28-26(31)33-14-22-20-7-3-1-5-18(20)19-6-2-4-8-21(19)22/h1-12,22,24H,13-14H2,(H,28,31)(H,29,30). The molecule has 0 spiro atoms. The summed E-state index contributed by atoms with van der Waals surface area (Å²) in [4.78, 5) is 24.5. The van der Waals surface area contributed by atoms with E-state index in [9.17, 15) is 14.7 Å². The van der Waals surface area contributed by atoms with Crippen LogP contribution in [0.1, 0.15) is 22.6 Å². The quantitative estimate of drug-likeness (QED) is 0.496. The number of fused-ring (bicyclic) bond motifs is 4. The largest absolute Gasteiger partial charge is 0.489 e. The van der Waals surface area contributed by atoms with Gasteiger partial charge in [0.1, 0.15) is 19.0 Å². The number of halogens is 1. The number of nitrogens with one attached hydrogen (secondary N) is 1. The molecule has 5 rings (SSSR count). The zero-order chi connectivity index (χ0) is 22.9. The highest BCUT2D eigenvalue weighted by Crippen LogP contribution is 2.44. The van der Waals surface area contributed by atoms with E-state index in [1.165, 1.54) is 0 Å². The topological polar surface area (TPSA) is 84.9 Å². The first-order valence-corrected chi connectivity index (χ1v) is 11.3. The fraction of sp³-hybridized carbons (Fsp3) is 0.154. The Morgan fingerprint density at radius 2 is 1.73 bits per heavy atom. The SMILES string of the molecule is O=C(NC(C(=O)O)C1=Cc2cc(Br)ccc2OC1)OCC1c2ccccc2-c2ccccc21. The van der Waals surface area contributed by atoms with Crippen LogP contribution in [0.4, 0.5) is 4.79 Å². The Morgan fingerprint density at radius 1 is 1.06 bits per heavy atom. The van der Waals surface area contributed by atoms with Crippen LogP contribution in [0.3, 0.4) is 0 Å². The minimum absolute atomic E-state index is 0.0647. The van der Waals surface area contributed by atoms with Crippen LogP contribution in [0, 0.1) is 0 Å². The van der Waals surface area contributed by atoms with Crippen molar-refractivity contribution in [1.29, 1.82) is 0 Å². The second kappa shape index (κ2) is 8.75. The highest BCUT2D eigenvalue weighted by Gasteiger charge is 2.31. The van der Waals surface area contributed by atoms with Gasteiger partial charge in [-0.2, -0.15) is 0 Å². The van der Waals surface area contributed by atoms with Crippen LogP contribution in [0.25, 0.3) is 17.2 Å². The number of aliphatic carboxylic acids is 1. The highest BCUT2D eigenvalue weighted by molar-refractivity contribution is 9.10. The summed E-state index contributed by atoms with van der Waals surface area (Å²) in [5, 5.41) is 12.2. The van der Waals surface area contributed by atoms with E-state index in [0.29, 0.717) is 11.3 Å². The van der Waals surface area contributed by atoms with Crippen molar-refractivity contribution in [2.75, 3.05) is 13.2 Å². The summed E-state index contributed by atoms with van der Waals surface area (Å²) >= 11 is 3.40. The Labute approximate surface area is 199 Å². The number of carboxylic acid groups (broad SMARTS) is 1. The third-order valence-electron chi connectivity index (χ3n) is 5.93. The lowest BCUT2D eigenvalue weighted by molar-refractivity contribution is -0.138. The van der Waals surface area contributed by atoms with Crippen LogP contribution in [-0.4, -0.2) is 36.4 Å². The molecule has 0 fully saturated rings. The van der Waals surface area contributed by atoms with Gasteiger partial charge in [0.05, 0.1) is 0 Å². The highest BCUT2D eigenvalue weighted by atomic mass is 79.9. The van der Waals surface area contributed by atoms with Crippen LogP contribution in [0.15, 0.2) is 76.8 Å². The zero-order valence-corrected chi connectivity index (χ0v) is 19.0. The number of carbonyl (C=O) groups is 2.